The average Bonchev–Trinajstić information content (AvgIpc) is 2.20. The molecule has 1 aromatic carbocycles. The van der Waals surface area contributed by atoms with Crippen LogP contribution < -0.4 is 0 Å². The van der Waals surface area contributed by atoms with E-state index in [9.17, 15) is 0 Å². The summed E-state index contributed by atoms with van der Waals surface area (Å²) in [5, 5.41) is 0. The maximum absolute atomic E-state index is 2.21. The Kier molecular flexibility index (Phi) is 4.18. The van der Waals surface area contributed by atoms with Crippen LogP contribution in [-0.2, 0) is 0 Å². The fourth-order valence-electron chi connectivity index (χ4n) is 1.34. The monoisotopic (exact) mass is 186 g/mol. The highest BCUT2D eigenvalue weighted by molar-refractivity contribution is 5.66. The van der Waals surface area contributed by atoms with E-state index in [4.69, 9.17) is 0 Å². The van der Waals surface area contributed by atoms with Crippen molar-refractivity contribution in [3.63, 3.8) is 0 Å². The van der Waals surface area contributed by atoms with E-state index in [0.29, 0.717) is 0 Å². The summed E-state index contributed by atoms with van der Waals surface area (Å²) in [7, 11) is 0. The van der Waals surface area contributed by atoms with E-state index in [2.05, 4.69) is 63.3 Å². The highest BCUT2D eigenvalue weighted by atomic mass is 14.0. The molecule has 0 heterocycles. The smallest absolute Gasteiger partial charge is 0.0225 e. The van der Waals surface area contributed by atoms with Crippen LogP contribution >= 0.6 is 0 Å². The maximum Gasteiger partial charge on any atom is -0.0225 e. The van der Waals surface area contributed by atoms with Crippen LogP contribution in [-0.4, -0.2) is 0 Å². The first kappa shape index (κ1) is 10.8. The van der Waals surface area contributed by atoms with Gasteiger partial charge in [0.2, 0.25) is 0 Å². The molecule has 0 aliphatic carbocycles. The Morgan fingerprint density at radius 3 is 2.21 bits per heavy atom. The van der Waals surface area contributed by atoms with Gasteiger partial charge in [0.15, 0.2) is 0 Å². The van der Waals surface area contributed by atoms with Gasteiger partial charge < -0.3 is 0 Å². The van der Waals surface area contributed by atoms with Crippen LogP contribution in [0.1, 0.15) is 32.8 Å². The van der Waals surface area contributed by atoms with Gasteiger partial charge in [-0.05, 0) is 31.4 Å². The van der Waals surface area contributed by atoms with E-state index in [1.54, 1.807) is 0 Å². The Bertz CT molecular complexity index is 324. The molecule has 1 aromatic rings. The van der Waals surface area contributed by atoms with Crippen molar-refractivity contribution >= 4 is 5.57 Å². The number of rotatable bonds is 3. The summed E-state index contributed by atoms with van der Waals surface area (Å²) in [6.07, 6.45) is 5.46. The third kappa shape index (κ3) is 3.21. The highest BCUT2D eigenvalue weighted by Crippen LogP contribution is 2.17. The van der Waals surface area contributed by atoms with Crippen LogP contribution in [0.3, 0.4) is 0 Å². The number of allylic oxidation sites excluding steroid dienone is 4. The van der Waals surface area contributed by atoms with Gasteiger partial charge in [0.25, 0.3) is 0 Å². The van der Waals surface area contributed by atoms with Gasteiger partial charge in [0, 0.05) is 0 Å². The molecule has 1 rings (SSSR count). The van der Waals surface area contributed by atoms with Gasteiger partial charge in [-0.1, -0.05) is 55.0 Å². The number of hydrogen-bond donors (Lipinski definition) is 0. The first-order valence-electron chi connectivity index (χ1n) is 5.13. The van der Waals surface area contributed by atoms with Crippen LogP contribution in [0.5, 0.6) is 0 Å². The van der Waals surface area contributed by atoms with Crippen molar-refractivity contribution in [2.24, 2.45) is 0 Å². The summed E-state index contributed by atoms with van der Waals surface area (Å²) in [5.74, 6) is 0. The lowest BCUT2D eigenvalue weighted by Crippen LogP contribution is -1.81. The van der Waals surface area contributed by atoms with Crippen LogP contribution in [0.2, 0.25) is 0 Å². The first-order valence-corrected chi connectivity index (χ1v) is 5.13. The predicted octanol–water partition coefficient (Wildman–Crippen LogP) is 4.45. The standard InChI is InChI=1S/C14H18/c1-4-13(11-10-12(2)3)14-8-6-5-7-9-14/h5-11H,4H2,1-3H3/b13-11+. The van der Waals surface area contributed by atoms with E-state index in [1.807, 2.05) is 0 Å². The Morgan fingerprint density at radius 2 is 1.71 bits per heavy atom. The second-order valence-corrected chi connectivity index (χ2v) is 3.66. The second-order valence-electron chi connectivity index (χ2n) is 3.66. The normalized spacial score (nSPS) is 11.2. The molecule has 0 nitrogen and oxygen atoms in total. The summed E-state index contributed by atoms with van der Waals surface area (Å²) in [6.45, 7) is 6.43. The van der Waals surface area contributed by atoms with Crippen molar-refractivity contribution in [1.82, 2.24) is 0 Å². The van der Waals surface area contributed by atoms with Gasteiger partial charge in [0.1, 0.15) is 0 Å². The summed E-state index contributed by atoms with van der Waals surface area (Å²) < 4.78 is 0. The molecule has 0 radical (unpaired) electrons. The quantitative estimate of drug-likeness (QED) is 0.612. The van der Waals surface area contributed by atoms with Crippen molar-refractivity contribution in [3.05, 3.63) is 53.6 Å². The zero-order valence-corrected chi connectivity index (χ0v) is 9.25. The van der Waals surface area contributed by atoms with E-state index in [1.165, 1.54) is 16.7 Å². The van der Waals surface area contributed by atoms with Gasteiger partial charge in [0.05, 0.1) is 0 Å². The van der Waals surface area contributed by atoms with Crippen LogP contribution in [0.25, 0.3) is 5.57 Å². The van der Waals surface area contributed by atoms with Crippen molar-refractivity contribution < 1.29 is 0 Å². The molecular formula is C14H18. The molecule has 0 aromatic heterocycles. The molecule has 0 atom stereocenters. The highest BCUT2D eigenvalue weighted by Gasteiger charge is 1.95. The SMILES string of the molecule is CC/C(=C\C=C(C)C)c1ccccc1. The van der Waals surface area contributed by atoms with Crippen LogP contribution in [0.4, 0.5) is 0 Å². The largest absolute Gasteiger partial charge is 0.0764 e. The molecule has 14 heavy (non-hydrogen) atoms. The van der Waals surface area contributed by atoms with Gasteiger partial charge in [-0.25, -0.2) is 0 Å². The van der Waals surface area contributed by atoms with Gasteiger partial charge in [-0.2, -0.15) is 0 Å². The molecule has 0 spiro atoms. The van der Waals surface area contributed by atoms with Gasteiger partial charge >= 0.3 is 0 Å². The third-order valence-corrected chi connectivity index (χ3v) is 2.14. The Morgan fingerprint density at radius 1 is 1.07 bits per heavy atom. The zero-order valence-electron chi connectivity index (χ0n) is 9.25. The molecule has 0 amide bonds. The predicted molar refractivity (Wildman–Crippen MR) is 64.1 cm³/mol. The lowest BCUT2D eigenvalue weighted by Gasteiger charge is -2.03. The average molecular weight is 186 g/mol. The molecule has 74 valence electrons. The number of hydrogen-bond acceptors (Lipinski definition) is 0. The van der Waals surface area contributed by atoms with Crippen LogP contribution in [0, 0.1) is 0 Å². The van der Waals surface area contributed by atoms with Crippen molar-refractivity contribution in [2.45, 2.75) is 27.2 Å². The van der Waals surface area contributed by atoms with E-state index in [0.717, 1.165) is 6.42 Å². The fraction of sp³-hybridized carbons (Fsp3) is 0.286. The fourth-order valence-corrected chi connectivity index (χ4v) is 1.34. The molecule has 0 fully saturated rings. The zero-order chi connectivity index (χ0) is 10.4. The molecule has 0 aliphatic heterocycles. The van der Waals surface area contributed by atoms with E-state index in [-0.39, 0.29) is 0 Å². The van der Waals surface area contributed by atoms with E-state index >= 15 is 0 Å². The van der Waals surface area contributed by atoms with Gasteiger partial charge in [-0.3, -0.25) is 0 Å². The minimum atomic E-state index is 1.08. The minimum Gasteiger partial charge on any atom is -0.0764 e. The Labute approximate surface area is 87.0 Å². The van der Waals surface area contributed by atoms with Crippen LogP contribution in [0.15, 0.2) is 48.1 Å². The second kappa shape index (κ2) is 5.43. The third-order valence-electron chi connectivity index (χ3n) is 2.14. The molecule has 0 saturated carbocycles. The summed E-state index contributed by atoms with van der Waals surface area (Å²) in [4.78, 5) is 0. The van der Waals surface area contributed by atoms with Crippen molar-refractivity contribution in [1.29, 1.82) is 0 Å². The Balaban J connectivity index is 2.93. The van der Waals surface area contributed by atoms with Crippen molar-refractivity contribution in [3.8, 4) is 0 Å². The van der Waals surface area contributed by atoms with Gasteiger partial charge in [-0.15, -0.1) is 0 Å². The molecular weight excluding hydrogens is 168 g/mol. The molecule has 0 saturated heterocycles. The lowest BCUT2D eigenvalue weighted by atomic mass is 10.0. The maximum atomic E-state index is 2.21. The molecule has 0 aliphatic rings. The first-order chi connectivity index (χ1) is 6.74. The molecule has 0 bridgehead atoms. The minimum absolute atomic E-state index is 1.08. The molecule has 0 N–H and O–H groups in total. The lowest BCUT2D eigenvalue weighted by molar-refractivity contribution is 1.24. The Hall–Kier alpha value is -1.30. The van der Waals surface area contributed by atoms with Crippen molar-refractivity contribution in [2.75, 3.05) is 0 Å². The summed E-state index contributed by atoms with van der Waals surface area (Å²) in [5.41, 5.74) is 4.06. The molecule has 0 unspecified atom stereocenters. The molecule has 0 heteroatoms. The van der Waals surface area contributed by atoms with E-state index < -0.39 is 0 Å². The summed E-state index contributed by atoms with van der Waals surface area (Å²) in [6, 6.07) is 10.5. The topological polar surface area (TPSA) is 0 Å². The summed E-state index contributed by atoms with van der Waals surface area (Å²) >= 11 is 0. The number of benzene rings is 1.